The predicted molar refractivity (Wildman–Crippen MR) is 75.4 cm³/mol. The molecular formula is C15H14N4. The standard InChI is InChI=1S/C15H14N4/c16-14-8-6-13(7-9-14)15-17-11-19(18-15)10-12-4-2-1-3-5-12/h1-9,11H,10,16H2. The first-order chi connectivity index (χ1) is 9.31. The van der Waals surface area contributed by atoms with Crippen molar-refractivity contribution in [1.29, 1.82) is 0 Å². The topological polar surface area (TPSA) is 56.7 Å². The second-order valence-corrected chi connectivity index (χ2v) is 4.37. The fraction of sp³-hybridized carbons (Fsp3) is 0.0667. The fourth-order valence-corrected chi connectivity index (χ4v) is 1.91. The Balaban J connectivity index is 1.82. The molecule has 0 saturated carbocycles. The van der Waals surface area contributed by atoms with Crippen LogP contribution in [0.4, 0.5) is 5.69 Å². The number of hydrogen-bond acceptors (Lipinski definition) is 3. The Bertz CT molecular complexity index is 656. The van der Waals surface area contributed by atoms with Gasteiger partial charge in [0.05, 0.1) is 6.54 Å². The van der Waals surface area contributed by atoms with E-state index in [0.717, 1.165) is 23.6 Å². The van der Waals surface area contributed by atoms with E-state index in [9.17, 15) is 0 Å². The summed E-state index contributed by atoms with van der Waals surface area (Å²) in [5, 5.41) is 4.47. The largest absolute Gasteiger partial charge is 0.399 e. The highest BCUT2D eigenvalue weighted by molar-refractivity contribution is 5.57. The molecule has 1 aromatic heterocycles. The Morgan fingerprint density at radius 3 is 2.42 bits per heavy atom. The molecular weight excluding hydrogens is 236 g/mol. The second-order valence-electron chi connectivity index (χ2n) is 4.37. The molecule has 2 N–H and O–H groups in total. The number of rotatable bonds is 3. The molecule has 0 aliphatic rings. The van der Waals surface area contributed by atoms with E-state index in [0.29, 0.717) is 0 Å². The molecule has 0 saturated heterocycles. The van der Waals surface area contributed by atoms with Gasteiger partial charge in [-0.05, 0) is 29.8 Å². The van der Waals surface area contributed by atoms with E-state index in [2.05, 4.69) is 22.2 Å². The summed E-state index contributed by atoms with van der Waals surface area (Å²) in [7, 11) is 0. The van der Waals surface area contributed by atoms with Gasteiger partial charge in [0.25, 0.3) is 0 Å². The number of nitrogens with zero attached hydrogens (tertiary/aromatic N) is 3. The molecule has 0 bridgehead atoms. The Kier molecular flexibility index (Phi) is 2.98. The highest BCUT2D eigenvalue weighted by Crippen LogP contribution is 2.16. The van der Waals surface area contributed by atoms with Crippen LogP contribution in [0.5, 0.6) is 0 Å². The van der Waals surface area contributed by atoms with Gasteiger partial charge < -0.3 is 5.73 Å². The molecule has 4 nitrogen and oxygen atoms in total. The van der Waals surface area contributed by atoms with Crippen LogP contribution in [-0.4, -0.2) is 14.8 Å². The SMILES string of the molecule is Nc1ccc(-c2ncn(Cc3ccccc3)n2)cc1. The monoisotopic (exact) mass is 250 g/mol. The summed E-state index contributed by atoms with van der Waals surface area (Å²) in [5.41, 5.74) is 8.59. The van der Waals surface area contributed by atoms with E-state index < -0.39 is 0 Å². The van der Waals surface area contributed by atoms with Crippen molar-refractivity contribution in [3.63, 3.8) is 0 Å². The molecule has 0 amide bonds. The molecule has 19 heavy (non-hydrogen) atoms. The number of nitrogens with two attached hydrogens (primary N) is 1. The summed E-state index contributed by atoms with van der Waals surface area (Å²) in [4.78, 5) is 4.32. The van der Waals surface area contributed by atoms with Gasteiger partial charge in [-0.2, -0.15) is 5.10 Å². The summed E-state index contributed by atoms with van der Waals surface area (Å²) in [6.45, 7) is 0.725. The van der Waals surface area contributed by atoms with Crippen molar-refractivity contribution in [1.82, 2.24) is 14.8 Å². The molecule has 3 rings (SSSR count). The van der Waals surface area contributed by atoms with E-state index in [1.165, 1.54) is 5.56 Å². The number of hydrogen-bond donors (Lipinski definition) is 1. The van der Waals surface area contributed by atoms with Crippen LogP contribution in [0, 0.1) is 0 Å². The third kappa shape index (κ3) is 2.63. The summed E-state index contributed by atoms with van der Waals surface area (Å²) in [5.74, 6) is 0.718. The van der Waals surface area contributed by atoms with Gasteiger partial charge in [0.1, 0.15) is 6.33 Å². The van der Waals surface area contributed by atoms with E-state index in [1.807, 2.05) is 47.1 Å². The van der Waals surface area contributed by atoms with Gasteiger partial charge in [0.2, 0.25) is 0 Å². The Hall–Kier alpha value is -2.62. The zero-order valence-electron chi connectivity index (χ0n) is 10.4. The number of anilines is 1. The lowest BCUT2D eigenvalue weighted by atomic mass is 10.2. The molecule has 3 aromatic rings. The molecule has 0 radical (unpaired) electrons. The van der Waals surface area contributed by atoms with Crippen molar-refractivity contribution in [2.45, 2.75) is 6.54 Å². The van der Waals surface area contributed by atoms with Gasteiger partial charge in [-0.25, -0.2) is 9.67 Å². The Labute approximate surface area is 111 Å². The number of benzene rings is 2. The van der Waals surface area contributed by atoms with Crippen LogP contribution in [-0.2, 0) is 6.54 Å². The molecule has 0 fully saturated rings. The maximum Gasteiger partial charge on any atom is 0.181 e. The van der Waals surface area contributed by atoms with E-state index >= 15 is 0 Å². The molecule has 94 valence electrons. The number of nitrogen functional groups attached to an aromatic ring is 1. The summed E-state index contributed by atoms with van der Waals surface area (Å²) < 4.78 is 1.83. The maximum atomic E-state index is 5.67. The van der Waals surface area contributed by atoms with E-state index in [-0.39, 0.29) is 0 Å². The third-order valence-corrected chi connectivity index (χ3v) is 2.89. The first-order valence-electron chi connectivity index (χ1n) is 6.10. The van der Waals surface area contributed by atoms with Gasteiger partial charge in [0.15, 0.2) is 5.82 Å². The van der Waals surface area contributed by atoms with Crippen molar-refractivity contribution >= 4 is 5.69 Å². The highest BCUT2D eigenvalue weighted by atomic mass is 15.3. The molecule has 1 heterocycles. The summed E-state index contributed by atoms with van der Waals surface area (Å²) in [6.07, 6.45) is 1.75. The van der Waals surface area contributed by atoms with Crippen LogP contribution in [0.3, 0.4) is 0 Å². The van der Waals surface area contributed by atoms with Crippen LogP contribution in [0.25, 0.3) is 11.4 Å². The van der Waals surface area contributed by atoms with Crippen LogP contribution < -0.4 is 5.73 Å². The molecule has 0 aliphatic carbocycles. The van der Waals surface area contributed by atoms with Crippen LogP contribution in [0.1, 0.15) is 5.56 Å². The average Bonchev–Trinajstić information content (AvgIpc) is 2.89. The van der Waals surface area contributed by atoms with E-state index in [4.69, 9.17) is 5.73 Å². The lowest BCUT2D eigenvalue weighted by molar-refractivity contribution is 0.687. The van der Waals surface area contributed by atoms with Crippen molar-refractivity contribution < 1.29 is 0 Å². The minimum Gasteiger partial charge on any atom is -0.399 e. The third-order valence-electron chi connectivity index (χ3n) is 2.89. The highest BCUT2D eigenvalue weighted by Gasteiger charge is 2.04. The van der Waals surface area contributed by atoms with Gasteiger partial charge in [-0.15, -0.1) is 0 Å². The first kappa shape index (κ1) is 11.5. The molecule has 0 unspecified atom stereocenters. The van der Waals surface area contributed by atoms with Crippen LogP contribution in [0.15, 0.2) is 60.9 Å². The lowest BCUT2D eigenvalue weighted by Crippen LogP contribution is -2.00. The Morgan fingerprint density at radius 1 is 0.947 bits per heavy atom. The lowest BCUT2D eigenvalue weighted by Gasteiger charge is -2.00. The van der Waals surface area contributed by atoms with E-state index in [1.54, 1.807) is 6.33 Å². The molecule has 0 atom stereocenters. The van der Waals surface area contributed by atoms with Crippen molar-refractivity contribution in [2.75, 3.05) is 5.73 Å². The maximum absolute atomic E-state index is 5.67. The minimum atomic E-state index is 0.718. The van der Waals surface area contributed by atoms with Crippen LogP contribution >= 0.6 is 0 Å². The first-order valence-corrected chi connectivity index (χ1v) is 6.10. The molecule has 2 aromatic carbocycles. The smallest absolute Gasteiger partial charge is 0.181 e. The predicted octanol–water partition coefficient (Wildman–Crippen LogP) is 2.58. The minimum absolute atomic E-state index is 0.718. The quantitative estimate of drug-likeness (QED) is 0.727. The molecule has 0 spiro atoms. The fourth-order valence-electron chi connectivity index (χ4n) is 1.91. The van der Waals surface area contributed by atoms with Crippen LogP contribution in [0.2, 0.25) is 0 Å². The van der Waals surface area contributed by atoms with Gasteiger partial charge in [-0.1, -0.05) is 30.3 Å². The number of aromatic nitrogens is 3. The molecule has 0 aliphatic heterocycles. The zero-order valence-corrected chi connectivity index (χ0v) is 10.4. The summed E-state index contributed by atoms with van der Waals surface area (Å²) in [6, 6.07) is 17.8. The zero-order chi connectivity index (χ0) is 13.1. The normalized spacial score (nSPS) is 10.5. The van der Waals surface area contributed by atoms with Crippen molar-refractivity contribution in [3.8, 4) is 11.4 Å². The average molecular weight is 250 g/mol. The second kappa shape index (κ2) is 4.94. The van der Waals surface area contributed by atoms with Gasteiger partial charge in [0, 0.05) is 11.3 Å². The van der Waals surface area contributed by atoms with Crippen molar-refractivity contribution in [3.05, 3.63) is 66.5 Å². The summed E-state index contributed by atoms with van der Waals surface area (Å²) >= 11 is 0. The molecule has 4 heteroatoms. The van der Waals surface area contributed by atoms with Crippen molar-refractivity contribution in [2.24, 2.45) is 0 Å². The Morgan fingerprint density at radius 2 is 1.68 bits per heavy atom. The van der Waals surface area contributed by atoms with Gasteiger partial charge >= 0.3 is 0 Å². The van der Waals surface area contributed by atoms with Gasteiger partial charge in [-0.3, -0.25) is 0 Å².